The molecule has 32 heavy (non-hydrogen) atoms. The van der Waals surface area contributed by atoms with E-state index in [0.29, 0.717) is 0 Å². The van der Waals surface area contributed by atoms with Gasteiger partial charge >= 0.3 is 0 Å². The van der Waals surface area contributed by atoms with Crippen LogP contribution in [0.25, 0.3) is 12.2 Å². The van der Waals surface area contributed by atoms with Gasteiger partial charge in [0.25, 0.3) is 0 Å². The molecular weight excluding hydrogens is 424 g/mol. The number of benzene rings is 2. The van der Waals surface area contributed by atoms with Crippen molar-refractivity contribution in [2.75, 3.05) is 0 Å². The molecule has 2 aromatic rings. The zero-order valence-electron chi connectivity index (χ0n) is 21.0. The predicted molar refractivity (Wildman–Crippen MR) is 138 cm³/mol. The molecule has 3 rings (SSSR count). The summed E-state index contributed by atoms with van der Waals surface area (Å²) in [6.07, 6.45) is 8.31. The first-order valence-electron chi connectivity index (χ1n) is 10.9. The first kappa shape index (κ1) is 30.6. The Balaban J connectivity index is 0.000000516. The van der Waals surface area contributed by atoms with Gasteiger partial charge in [-0.15, -0.1) is 0 Å². The fraction of sp³-hybridized carbons (Fsp3) is 0.300. The van der Waals surface area contributed by atoms with E-state index in [1.807, 2.05) is 36.4 Å². The molecule has 0 atom stereocenters. The minimum atomic E-state index is -0.500. The Morgan fingerprint density at radius 2 is 0.750 bits per heavy atom. The van der Waals surface area contributed by atoms with Crippen LogP contribution in [-0.4, -0.2) is 10.7 Å². The van der Waals surface area contributed by atoms with Crippen LogP contribution in [0.4, 0.5) is 0 Å². The van der Waals surface area contributed by atoms with E-state index in [1.54, 1.807) is 20.8 Å². The molecule has 0 unspecified atom stereocenters. The molecule has 0 bridgehead atoms. The molecule has 0 aliphatic heterocycles. The molecule has 0 spiro atoms. The Bertz CT molecular complexity index is 675. The zero-order valence-corrected chi connectivity index (χ0v) is 22.6. The van der Waals surface area contributed by atoms with Gasteiger partial charge in [0.1, 0.15) is 0 Å². The van der Waals surface area contributed by atoms with Crippen molar-refractivity contribution in [3.05, 3.63) is 114 Å². The Morgan fingerprint density at radius 1 is 0.531 bits per heavy atom. The molecule has 1 nitrogen and oxygen atoms in total. The summed E-state index contributed by atoms with van der Waals surface area (Å²) in [5, 5.41) is 8.52. The summed E-state index contributed by atoms with van der Waals surface area (Å²) in [5.41, 5.74) is 1.94. The van der Waals surface area contributed by atoms with Gasteiger partial charge in [-0.3, -0.25) is 0 Å². The fourth-order valence-corrected chi connectivity index (χ4v) is 2.87. The van der Waals surface area contributed by atoms with E-state index < -0.39 is 5.60 Å². The van der Waals surface area contributed by atoms with E-state index in [-0.39, 0.29) is 21.7 Å². The number of hydrogen-bond donors (Lipinski definition) is 1. The van der Waals surface area contributed by atoms with Gasteiger partial charge < -0.3 is 5.11 Å². The van der Waals surface area contributed by atoms with Crippen LogP contribution in [0, 0.1) is 29.6 Å². The van der Waals surface area contributed by atoms with Crippen LogP contribution in [0.15, 0.2) is 72.8 Å². The van der Waals surface area contributed by atoms with Gasteiger partial charge in [-0.2, -0.15) is 0 Å². The molecule has 0 aromatic heterocycles. The summed E-state index contributed by atoms with van der Waals surface area (Å²) >= 11 is 0. The van der Waals surface area contributed by atoms with Crippen molar-refractivity contribution < 1.29 is 26.8 Å². The molecule has 1 saturated carbocycles. The molecule has 2 aromatic carbocycles. The van der Waals surface area contributed by atoms with Crippen LogP contribution in [0.5, 0.6) is 0 Å². The minimum absolute atomic E-state index is 0. The minimum Gasteiger partial charge on any atom is -0.391 e. The largest absolute Gasteiger partial charge is 0.391 e. The van der Waals surface area contributed by atoms with Crippen molar-refractivity contribution in [3.63, 3.8) is 0 Å². The fourth-order valence-electron chi connectivity index (χ4n) is 2.87. The van der Waals surface area contributed by atoms with Crippen molar-refractivity contribution in [2.45, 2.75) is 61.0 Å². The van der Waals surface area contributed by atoms with E-state index >= 15 is 0 Å². The number of allylic oxidation sites excluding steroid dienone is 2. The van der Waals surface area contributed by atoms with E-state index in [0.717, 1.165) is 0 Å². The monoisotopic (exact) mass is 463 g/mol. The summed E-state index contributed by atoms with van der Waals surface area (Å²) in [5.74, 6) is 7.34. The van der Waals surface area contributed by atoms with E-state index in [4.69, 9.17) is 5.11 Å². The average molecular weight is 464 g/mol. The van der Waals surface area contributed by atoms with Crippen molar-refractivity contribution in [3.8, 4) is 0 Å². The molecule has 5 radical (unpaired) electrons. The third-order valence-corrected chi connectivity index (χ3v) is 5.10. The second-order valence-corrected chi connectivity index (χ2v) is 8.84. The molecule has 1 aliphatic carbocycles. The average Bonchev–Trinajstić information content (AvgIpc) is 2.90. The van der Waals surface area contributed by atoms with Crippen molar-refractivity contribution in [1.29, 1.82) is 0 Å². The van der Waals surface area contributed by atoms with Crippen LogP contribution in [0.1, 0.15) is 66.5 Å². The van der Waals surface area contributed by atoms with Gasteiger partial charge in [-0.05, 0) is 61.5 Å². The molecule has 0 heterocycles. The normalized spacial score (nSPS) is 16.4. The Hall–Kier alpha value is -1.41. The smallest absolute Gasteiger partial charge is 0.0563 e. The summed E-state index contributed by atoms with van der Waals surface area (Å²) in [4.78, 5) is 0. The van der Waals surface area contributed by atoms with Crippen molar-refractivity contribution in [1.82, 2.24) is 0 Å². The van der Waals surface area contributed by atoms with E-state index in [2.05, 4.69) is 83.2 Å². The van der Waals surface area contributed by atoms with Crippen molar-refractivity contribution in [2.24, 2.45) is 0 Å². The molecule has 169 valence electrons. The van der Waals surface area contributed by atoms with E-state index in [1.165, 1.54) is 40.7 Å². The topological polar surface area (TPSA) is 20.2 Å². The second kappa shape index (κ2) is 15.4. The van der Waals surface area contributed by atoms with Gasteiger partial charge in [-0.25, -0.2) is 0 Å². The van der Waals surface area contributed by atoms with Gasteiger partial charge in [0.2, 0.25) is 0 Å². The quantitative estimate of drug-likeness (QED) is 0.360. The molecule has 1 aliphatic rings. The third-order valence-electron chi connectivity index (χ3n) is 5.10. The number of aliphatic hydroxyl groups is 1. The Morgan fingerprint density at radius 3 is 0.969 bits per heavy atom. The van der Waals surface area contributed by atoms with Gasteiger partial charge in [0.05, 0.1) is 5.60 Å². The molecule has 2 heteroatoms. The maximum absolute atomic E-state index is 8.52. The summed E-state index contributed by atoms with van der Waals surface area (Å²) < 4.78 is 0. The molecule has 0 saturated heterocycles. The Kier molecular flexibility index (Phi) is 14.8. The second-order valence-electron chi connectivity index (χ2n) is 8.84. The first-order chi connectivity index (χ1) is 14.5. The van der Waals surface area contributed by atoms with Crippen LogP contribution in [-0.2, 0) is 21.7 Å². The van der Waals surface area contributed by atoms with Crippen LogP contribution in [0.2, 0.25) is 0 Å². The summed E-state index contributed by atoms with van der Waals surface area (Å²) in [7, 11) is 0. The number of hydrogen-bond acceptors (Lipinski definition) is 1. The zero-order chi connectivity index (χ0) is 23.4. The molecular formula is C30H39OTi. The third kappa shape index (κ3) is 12.6. The van der Waals surface area contributed by atoms with Gasteiger partial charge in [-0.1, -0.05) is 120 Å². The molecule has 1 fully saturated rings. The Labute approximate surface area is 212 Å². The van der Waals surface area contributed by atoms with Crippen LogP contribution in [0.3, 0.4) is 0 Å². The van der Waals surface area contributed by atoms with Gasteiger partial charge in [0, 0.05) is 21.7 Å². The molecule has 1 N–H and O–H groups in total. The SMILES string of the molecule is C(/C=C/c1ccccc1)=C\c1ccccc1.CC(C)(C)O.C[C]1[C](C)[C](C)[C](C)[C]1C.[Ti]. The van der Waals surface area contributed by atoms with Crippen LogP contribution >= 0.6 is 0 Å². The molecule has 0 amide bonds. The van der Waals surface area contributed by atoms with E-state index in [9.17, 15) is 0 Å². The van der Waals surface area contributed by atoms with Crippen LogP contribution < -0.4 is 0 Å². The number of rotatable bonds is 3. The first-order valence-corrected chi connectivity index (χ1v) is 10.9. The summed E-state index contributed by atoms with van der Waals surface area (Å²) in [6.45, 7) is 16.2. The van der Waals surface area contributed by atoms with Gasteiger partial charge in [0.15, 0.2) is 0 Å². The summed E-state index contributed by atoms with van der Waals surface area (Å²) in [6, 6.07) is 20.6. The maximum Gasteiger partial charge on any atom is 0.0563 e. The van der Waals surface area contributed by atoms with Crippen molar-refractivity contribution >= 4 is 12.2 Å². The predicted octanol–water partition coefficient (Wildman–Crippen LogP) is 8.16. The maximum atomic E-state index is 8.52. The standard InChI is InChI=1S/C16H14.C10H15.C4H10O.Ti/c1-3-9-15(10-4-1)13-7-8-14-16-11-5-2-6-12-16;1-6-7(2)9(4)10(5)8(6)3;1-4(2,3)5;/h1-14H;1-5H3;5H,1-3H3;/b13-7+,14-8+;;;.